The third-order valence-electron chi connectivity index (χ3n) is 2.55. The van der Waals surface area contributed by atoms with Gasteiger partial charge in [0.2, 0.25) is 0 Å². The summed E-state index contributed by atoms with van der Waals surface area (Å²) in [5, 5.41) is 17.2. The van der Waals surface area contributed by atoms with E-state index < -0.39 is 16.7 Å². The minimum Gasteiger partial charge on any atom is -0.343 e. The summed E-state index contributed by atoms with van der Waals surface area (Å²) in [4.78, 5) is 34.1. The highest BCUT2D eigenvalue weighted by molar-refractivity contribution is 7.09. The van der Waals surface area contributed by atoms with Gasteiger partial charge >= 0.3 is 11.8 Å². The zero-order valence-corrected chi connectivity index (χ0v) is 11.6. The number of rotatable bonds is 4. The molecule has 0 saturated carbocycles. The third-order valence-corrected chi connectivity index (χ3v) is 3.42. The summed E-state index contributed by atoms with van der Waals surface area (Å²) in [6, 6.07) is 8.92. The first-order valence-electron chi connectivity index (χ1n) is 5.92. The van der Waals surface area contributed by atoms with E-state index in [0.717, 1.165) is 4.88 Å². The number of benzene rings is 1. The van der Waals surface area contributed by atoms with Crippen LogP contribution in [-0.2, 0) is 16.1 Å². The van der Waals surface area contributed by atoms with Gasteiger partial charge < -0.3 is 10.6 Å². The van der Waals surface area contributed by atoms with Gasteiger partial charge in [0.05, 0.1) is 11.5 Å². The first-order valence-corrected chi connectivity index (χ1v) is 6.80. The summed E-state index contributed by atoms with van der Waals surface area (Å²) in [5.74, 6) is -1.58. The predicted octanol–water partition coefficient (Wildman–Crippen LogP) is 1.91. The highest BCUT2D eigenvalue weighted by Crippen LogP contribution is 2.15. The van der Waals surface area contributed by atoms with Crippen molar-refractivity contribution in [1.82, 2.24) is 5.32 Å². The maximum atomic E-state index is 11.6. The number of nitrogens with one attached hydrogen (secondary N) is 2. The minimum atomic E-state index is -0.819. The number of nitro benzene ring substituents is 1. The Labute approximate surface area is 123 Å². The van der Waals surface area contributed by atoms with E-state index in [-0.39, 0.29) is 12.2 Å². The topological polar surface area (TPSA) is 101 Å². The predicted molar refractivity (Wildman–Crippen MR) is 77.9 cm³/mol. The molecule has 2 rings (SSSR count). The quantitative estimate of drug-likeness (QED) is 0.512. The molecule has 1 aromatic heterocycles. The smallest absolute Gasteiger partial charge is 0.313 e. The Morgan fingerprint density at radius 1 is 1.14 bits per heavy atom. The van der Waals surface area contributed by atoms with Crippen molar-refractivity contribution in [3.63, 3.8) is 0 Å². The van der Waals surface area contributed by atoms with Crippen LogP contribution in [0.3, 0.4) is 0 Å². The van der Waals surface area contributed by atoms with Crippen LogP contribution in [0.25, 0.3) is 0 Å². The van der Waals surface area contributed by atoms with Crippen molar-refractivity contribution in [1.29, 1.82) is 0 Å². The van der Waals surface area contributed by atoms with E-state index in [1.54, 1.807) is 0 Å². The van der Waals surface area contributed by atoms with Gasteiger partial charge in [-0.3, -0.25) is 19.7 Å². The number of nitrogens with zero attached hydrogens (tertiary/aromatic N) is 1. The highest BCUT2D eigenvalue weighted by atomic mass is 32.1. The minimum absolute atomic E-state index is 0.0878. The molecule has 0 fully saturated rings. The Hall–Kier alpha value is -2.74. The zero-order chi connectivity index (χ0) is 15.2. The van der Waals surface area contributed by atoms with Crippen molar-refractivity contribution in [2.75, 3.05) is 5.32 Å². The van der Waals surface area contributed by atoms with Crippen LogP contribution in [-0.4, -0.2) is 16.7 Å². The Morgan fingerprint density at radius 3 is 2.43 bits per heavy atom. The summed E-state index contributed by atoms with van der Waals surface area (Å²) in [5.41, 5.74) is 0.229. The number of anilines is 1. The SMILES string of the molecule is O=C(NCc1cccs1)C(=O)Nc1ccc([N+](=O)[O-])cc1. The Kier molecular flexibility index (Phi) is 4.62. The van der Waals surface area contributed by atoms with E-state index >= 15 is 0 Å². The molecule has 1 heterocycles. The molecule has 0 aliphatic carbocycles. The van der Waals surface area contributed by atoms with Crippen molar-refractivity contribution in [3.8, 4) is 0 Å². The molecular formula is C13H11N3O4S. The number of carbonyl (C=O) groups is 2. The van der Waals surface area contributed by atoms with E-state index in [1.807, 2.05) is 17.5 Å². The molecule has 0 radical (unpaired) electrons. The van der Waals surface area contributed by atoms with Gasteiger partial charge in [-0.15, -0.1) is 11.3 Å². The molecule has 0 bridgehead atoms. The van der Waals surface area contributed by atoms with Crippen LogP contribution in [0, 0.1) is 10.1 Å². The molecule has 2 N–H and O–H groups in total. The van der Waals surface area contributed by atoms with Crippen molar-refractivity contribution in [2.45, 2.75) is 6.54 Å². The molecule has 1 aromatic carbocycles. The van der Waals surface area contributed by atoms with Crippen LogP contribution in [0.15, 0.2) is 41.8 Å². The molecule has 0 aliphatic heterocycles. The van der Waals surface area contributed by atoms with Gasteiger partial charge in [-0.2, -0.15) is 0 Å². The number of non-ortho nitro benzene ring substituents is 1. The molecule has 0 saturated heterocycles. The summed E-state index contributed by atoms with van der Waals surface area (Å²) in [6.45, 7) is 0.282. The molecule has 2 aromatic rings. The lowest BCUT2D eigenvalue weighted by molar-refractivity contribution is -0.384. The maximum Gasteiger partial charge on any atom is 0.313 e. The lowest BCUT2D eigenvalue weighted by Gasteiger charge is -2.05. The fourth-order valence-corrected chi connectivity index (χ4v) is 2.16. The van der Waals surface area contributed by atoms with Crippen LogP contribution < -0.4 is 10.6 Å². The maximum absolute atomic E-state index is 11.6. The van der Waals surface area contributed by atoms with E-state index in [2.05, 4.69) is 10.6 Å². The number of hydrogen-bond donors (Lipinski definition) is 2. The lowest BCUT2D eigenvalue weighted by Crippen LogP contribution is -2.34. The number of nitro groups is 1. The van der Waals surface area contributed by atoms with Gasteiger partial charge in [0.1, 0.15) is 0 Å². The molecule has 7 nitrogen and oxygen atoms in total. The van der Waals surface area contributed by atoms with Gasteiger partial charge in [0.25, 0.3) is 5.69 Å². The number of thiophene rings is 1. The fourth-order valence-electron chi connectivity index (χ4n) is 1.52. The number of amides is 2. The third kappa shape index (κ3) is 4.11. The van der Waals surface area contributed by atoms with E-state index in [4.69, 9.17) is 0 Å². The molecule has 8 heteroatoms. The van der Waals surface area contributed by atoms with Crippen molar-refractivity contribution in [3.05, 3.63) is 56.8 Å². The van der Waals surface area contributed by atoms with E-state index in [0.29, 0.717) is 5.69 Å². The van der Waals surface area contributed by atoms with Crippen LogP contribution in [0.5, 0.6) is 0 Å². The van der Waals surface area contributed by atoms with Gasteiger partial charge in [-0.25, -0.2) is 0 Å². The monoisotopic (exact) mass is 305 g/mol. The second-order valence-electron chi connectivity index (χ2n) is 4.02. The fraction of sp³-hybridized carbons (Fsp3) is 0.0769. The molecule has 108 valence electrons. The van der Waals surface area contributed by atoms with Crippen molar-refractivity contribution < 1.29 is 14.5 Å². The summed E-state index contributed by atoms with van der Waals surface area (Å²) < 4.78 is 0. The van der Waals surface area contributed by atoms with Crippen LogP contribution in [0.4, 0.5) is 11.4 Å². The first kappa shape index (κ1) is 14.7. The summed E-state index contributed by atoms with van der Waals surface area (Å²) in [6.07, 6.45) is 0. The number of hydrogen-bond acceptors (Lipinski definition) is 5. The first-order chi connectivity index (χ1) is 10.1. The molecule has 0 unspecified atom stereocenters. The van der Waals surface area contributed by atoms with E-state index in [1.165, 1.54) is 35.6 Å². The molecule has 0 atom stereocenters. The Bertz CT molecular complexity index is 653. The van der Waals surface area contributed by atoms with Gasteiger partial charge in [-0.05, 0) is 23.6 Å². The molecule has 21 heavy (non-hydrogen) atoms. The molecular weight excluding hydrogens is 294 g/mol. The summed E-state index contributed by atoms with van der Waals surface area (Å²) >= 11 is 1.47. The van der Waals surface area contributed by atoms with Crippen LogP contribution >= 0.6 is 11.3 Å². The highest BCUT2D eigenvalue weighted by Gasteiger charge is 2.14. The number of carbonyl (C=O) groups excluding carboxylic acids is 2. The van der Waals surface area contributed by atoms with Crippen molar-refractivity contribution >= 4 is 34.5 Å². The van der Waals surface area contributed by atoms with Gasteiger partial charge in [-0.1, -0.05) is 6.07 Å². The van der Waals surface area contributed by atoms with Gasteiger partial charge in [0.15, 0.2) is 0 Å². The second-order valence-corrected chi connectivity index (χ2v) is 5.05. The standard InChI is InChI=1S/C13H11N3O4S/c17-12(14-8-11-2-1-7-21-11)13(18)15-9-3-5-10(6-4-9)16(19)20/h1-7H,8H2,(H,14,17)(H,15,18). The molecule has 0 spiro atoms. The summed E-state index contributed by atoms with van der Waals surface area (Å²) in [7, 11) is 0. The van der Waals surface area contributed by atoms with Crippen molar-refractivity contribution in [2.24, 2.45) is 0 Å². The molecule has 0 aliphatic rings. The van der Waals surface area contributed by atoms with Crippen LogP contribution in [0.2, 0.25) is 0 Å². The zero-order valence-electron chi connectivity index (χ0n) is 10.7. The average molecular weight is 305 g/mol. The lowest BCUT2D eigenvalue weighted by atomic mass is 10.3. The normalized spacial score (nSPS) is 9.90. The largest absolute Gasteiger partial charge is 0.343 e. The Morgan fingerprint density at radius 2 is 1.86 bits per heavy atom. The average Bonchev–Trinajstić information content (AvgIpc) is 2.98. The van der Waals surface area contributed by atoms with Crippen LogP contribution in [0.1, 0.15) is 4.88 Å². The second kappa shape index (κ2) is 6.62. The van der Waals surface area contributed by atoms with E-state index in [9.17, 15) is 19.7 Å². The van der Waals surface area contributed by atoms with Gasteiger partial charge in [0, 0.05) is 22.7 Å². The Balaban J connectivity index is 1.88. The molecule has 2 amide bonds.